The number of nitrogens with zero attached hydrogens (tertiary/aromatic N) is 4. The van der Waals surface area contributed by atoms with E-state index < -0.39 is 5.82 Å². The van der Waals surface area contributed by atoms with Crippen LogP contribution in [-0.2, 0) is 0 Å². The first-order valence-corrected chi connectivity index (χ1v) is 11.9. The van der Waals surface area contributed by atoms with Crippen LogP contribution in [0.15, 0.2) is 18.2 Å². The van der Waals surface area contributed by atoms with Crippen molar-refractivity contribution in [3.8, 4) is 23.1 Å². The molecule has 0 radical (unpaired) electrons. The predicted octanol–water partition coefficient (Wildman–Crippen LogP) is 4.07. The van der Waals surface area contributed by atoms with Gasteiger partial charge in [0.05, 0.1) is 13.2 Å². The molecule has 9 heteroatoms. The van der Waals surface area contributed by atoms with Crippen molar-refractivity contribution in [1.82, 2.24) is 20.3 Å². The molecule has 3 atom stereocenters. The van der Waals surface area contributed by atoms with Crippen LogP contribution < -0.4 is 19.7 Å². The second-order valence-corrected chi connectivity index (χ2v) is 9.80. The van der Waals surface area contributed by atoms with Gasteiger partial charge in [0.2, 0.25) is 5.88 Å². The zero-order chi connectivity index (χ0) is 22.3. The monoisotopic (exact) mass is 467 g/mol. The van der Waals surface area contributed by atoms with Crippen molar-refractivity contribution in [2.24, 2.45) is 0 Å². The molecule has 1 saturated carbocycles. The van der Waals surface area contributed by atoms with E-state index in [1.807, 2.05) is 18.2 Å². The minimum Gasteiger partial charge on any atom is -0.475 e. The lowest BCUT2D eigenvalue weighted by Gasteiger charge is -2.40. The average Bonchev–Trinajstić information content (AvgIpc) is 3.61. The molecule has 2 bridgehead atoms. The summed E-state index contributed by atoms with van der Waals surface area (Å²) in [5.41, 5.74) is 2.04. The molecule has 5 heterocycles. The minimum atomic E-state index is -0.500. The lowest BCUT2D eigenvalue weighted by Crippen LogP contribution is -2.60. The molecule has 3 aromatic rings. The van der Waals surface area contributed by atoms with Gasteiger partial charge in [-0.15, -0.1) is 0 Å². The van der Waals surface area contributed by atoms with Crippen LogP contribution >= 0.6 is 11.6 Å². The molecule has 0 spiro atoms. The van der Waals surface area contributed by atoms with Gasteiger partial charge in [0.1, 0.15) is 29.0 Å². The fraction of sp³-hybridized carbons (Fsp3) is 0.458. The maximum absolute atomic E-state index is 16.2. The molecular weight excluding hydrogens is 445 g/mol. The summed E-state index contributed by atoms with van der Waals surface area (Å²) in [6.45, 7) is 1.23. The van der Waals surface area contributed by atoms with E-state index in [-0.39, 0.29) is 23.3 Å². The highest BCUT2D eigenvalue weighted by Gasteiger charge is 2.44. The highest BCUT2D eigenvalue weighted by atomic mass is 35.5. The molecule has 2 saturated heterocycles. The SMILES string of the molecule is COc1nc2c3c(nc(-c4cccc(Cl)c4C4CC4)c(F)c3n1)OCC1C3CCC(CN21)N3. The van der Waals surface area contributed by atoms with Crippen LogP contribution in [0.5, 0.6) is 11.9 Å². The fourth-order valence-corrected chi connectivity index (χ4v) is 6.05. The van der Waals surface area contributed by atoms with Gasteiger partial charge in [-0.2, -0.15) is 9.97 Å². The molecule has 4 aliphatic rings. The summed E-state index contributed by atoms with van der Waals surface area (Å²) in [5, 5.41) is 4.83. The van der Waals surface area contributed by atoms with Crippen molar-refractivity contribution in [1.29, 1.82) is 0 Å². The van der Waals surface area contributed by atoms with E-state index in [1.165, 1.54) is 7.11 Å². The van der Waals surface area contributed by atoms with E-state index in [9.17, 15) is 0 Å². The summed E-state index contributed by atoms with van der Waals surface area (Å²) in [7, 11) is 1.50. The lowest BCUT2D eigenvalue weighted by atomic mass is 9.99. The van der Waals surface area contributed by atoms with E-state index in [4.69, 9.17) is 26.1 Å². The first-order valence-electron chi connectivity index (χ1n) is 11.5. The first kappa shape index (κ1) is 19.7. The number of aromatic nitrogens is 3. The van der Waals surface area contributed by atoms with Crippen LogP contribution in [0.4, 0.5) is 10.2 Å². The van der Waals surface area contributed by atoms with Crippen molar-refractivity contribution in [3.05, 3.63) is 34.6 Å². The third-order valence-electron chi connectivity index (χ3n) is 7.41. The van der Waals surface area contributed by atoms with E-state index in [1.54, 1.807) is 0 Å². The van der Waals surface area contributed by atoms with Crippen LogP contribution in [0, 0.1) is 5.82 Å². The van der Waals surface area contributed by atoms with Crippen molar-refractivity contribution in [2.45, 2.75) is 49.7 Å². The van der Waals surface area contributed by atoms with Gasteiger partial charge < -0.3 is 19.7 Å². The van der Waals surface area contributed by atoms with Crippen LogP contribution in [0.25, 0.3) is 22.2 Å². The van der Waals surface area contributed by atoms with Crippen LogP contribution in [0.3, 0.4) is 0 Å². The van der Waals surface area contributed by atoms with Crippen LogP contribution in [0.2, 0.25) is 5.02 Å². The number of hydrogen-bond acceptors (Lipinski definition) is 7. The van der Waals surface area contributed by atoms with Crippen molar-refractivity contribution in [3.63, 3.8) is 0 Å². The Morgan fingerprint density at radius 1 is 1.18 bits per heavy atom. The molecule has 7 nitrogen and oxygen atoms in total. The number of piperazine rings is 1. The van der Waals surface area contributed by atoms with Gasteiger partial charge in [-0.1, -0.05) is 23.7 Å². The van der Waals surface area contributed by atoms with Gasteiger partial charge in [0.15, 0.2) is 5.82 Å². The minimum absolute atomic E-state index is 0.0838. The number of rotatable bonds is 3. The zero-order valence-corrected chi connectivity index (χ0v) is 18.9. The van der Waals surface area contributed by atoms with E-state index >= 15 is 4.39 Å². The summed E-state index contributed by atoms with van der Waals surface area (Å²) >= 11 is 6.55. The summed E-state index contributed by atoms with van der Waals surface area (Å²) in [6.07, 6.45) is 4.28. The lowest BCUT2D eigenvalue weighted by molar-refractivity contribution is 0.238. The Balaban J connectivity index is 1.49. The van der Waals surface area contributed by atoms with Gasteiger partial charge in [-0.3, -0.25) is 0 Å². The molecule has 3 aliphatic heterocycles. The summed E-state index contributed by atoms with van der Waals surface area (Å²) in [5.74, 6) is 0.835. The first-order chi connectivity index (χ1) is 16.1. The molecule has 1 aromatic carbocycles. The summed E-state index contributed by atoms with van der Waals surface area (Å²) < 4.78 is 27.8. The van der Waals surface area contributed by atoms with E-state index in [0.717, 1.165) is 37.8 Å². The molecule has 33 heavy (non-hydrogen) atoms. The molecule has 0 amide bonds. The zero-order valence-electron chi connectivity index (χ0n) is 18.1. The van der Waals surface area contributed by atoms with Gasteiger partial charge in [-0.05, 0) is 43.2 Å². The number of hydrogen-bond donors (Lipinski definition) is 1. The highest BCUT2D eigenvalue weighted by molar-refractivity contribution is 6.32. The Kier molecular flexibility index (Phi) is 4.27. The molecule has 1 N–H and O–H groups in total. The number of halogens is 2. The van der Waals surface area contributed by atoms with E-state index in [0.29, 0.717) is 52.3 Å². The summed E-state index contributed by atoms with van der Waals surface area (Å²) in [6, 6.07) is 6.47. The average molecular weight is 468 g/mol. The van der Waals surface area contributed by atoms with Crippen molar-refractivity contribution < 1.29 is 13.9 Å². The smallest absolute Gasteiger partial charge is 0.318 e. The normalized spacial score (nSPS) is 25.5. The Bertz CT molecular complexity index is 1300. The fourth-order valence-electron chi connectivity index (χ4n) is 5.72. The second kappa shape index (κ2) is 7.14. The Labute approximate surface area is 195 Å². The Hall–Kier alpha value is -2.71. The second-order valence-electron chi connectivity index (χ2n) is 9.39. The van der Waals surface area contributed by atoms with Crippen LogP contribution in [-0.4, -0.2) is 53.3 Å². The van der Waals surface area contributed by atoms with E-state index in [2.05, 4.69) is 20.2 Å². The van der Waals surface area contributed by atoms with Gasteiger partial charge in [0.25, 0.3) is 0 Å². The Morgan fingerprint density at radius 3 is 2.88 bits per heavy atom. The van der Waals surface area contributed by atoms with Crippen molar-refractivity contribution >= 4 is 28.3 Å². The van der Waals surface area contributed by atoms with Crippen LogP contribution in [0.1, 0.15) is 37.2 Å². The quantitative estimate of drug-likeness (QED) is 0.622. The molecule has 3 unspecified atom stereocenters. The number of nitrogens with one attached hydrogen (secondary N) is 1. The van der Waals surface area contributed by atoms with Gasteiger partial charge in [0, 0.05) is 29.2 Å². The predicted molar refractivity (Wildman–Crippen MR) is 123 cm³/mol. The number of benzene rings is 1. The maximum atomic E-state index is 16.2. The number of fused-ring (bicyclic) bond motifs is 5. The largest absolute Gasteiger partial charge is 0.475 e. The molecular formula is C24H23ClFN5O2. The maximum Gasteiger partial charge on any atom is 0.318 e. The molecule has 2 aromatic heterocycles. The molecule has 7 rings (SSSR count). The Morgan fingerprint density at radius 2 is 2.06 bits per heavy atom. The number of methoxy groups -OCH3 is 1. The highest BCUT2D eigenvalue weighted by Crippen LogP contribution is 2.49. The van der Waals surface area contributed by atoms with Crippen molar-refractivity contribution in [2.75, 3.05) is 25.2 Å². The molecule has 3 fully saturated rings. The van der Waals surface area contributed by atoms with Gasteiger partial charge >= 0.3 is 6.01 Å². The standard InChI is InChI=1S/C24H23ClFN5O2/c1-32-24-29-21-18-22(30-24)31-9-12-7-8-15(27-12)16(31)10-33-23(18)28-20(19(21)26)13-3-2-4-14(25)17(13)11-5-6-11/h2-4,11-12,15-16,27H,5-10H2,1H3. The number of pyridine rings is 1. The van der Waals surface area contributed by atoms with Gasteiger partial charge in [-0.25, -0.2) is 9.37 Å². The number of ether oxygens (including phenoxy) is 2. The summed E-state index contributed by atoms with van der Waals surface area (Å²) in [4.78, 5) is 16.0. The topological polar surface area (TPSA) is 72.4 Å². The molecule has 1 aliphatic carbocycles. The number of anilines is 1. The molecule has 170 valence electrons. The third kappa shape index (κ3) is 2.93. The third-order valence-corrected chi connectivity index (χ3v) is 7.74.